The first-order chi connectivity index (χ1) is 19.2. The van der Waals surface area contributed by atoms with Crippen molar-refractivity contribution >= 4 is 22.8 Å². The number of benzene rings is 3. The van der Waals surface area contributed by atoms with Crippen LogP contribution in [0.5, 0.6) is 23.0 Å². The van der Waals surface area contributed by atoms with E-state index in [-0.39, 0.29) is 12.6 Å². The van der Waals surface area contributed by atoms with Crippen molar-refractivity contribution in [3.8, 4) is 34.1 Å². The first-order valence-corrected chi connectivity index (χ1v) is 13.5. The van der Waals surface area contributed by atoms with Crippen molar-refractivity contribution < 1.29 is 33.2 Å². The van der Waals surface area contributed by atoms with Gasteiger partial charge in [0, 0.05) is 35.2 Å². The summed E-state index contributed by atoms with van der Waals surface area (Å²) in [5, 5.41) is 1.70. The number of cyclic esters (lactones) is 1. The average molecular weight is 532 g/mol. The molecule has 0 saturated carbocycles. The number of fused-ring (bicyclic) bond motifs is 3. The largest absolute Gasteiger partial charge is 0.493 e. The molecule has 0 radical (unpaired) electrons. The predicted octanol–water partition coefficient (Wildman–Crippen LogP) is 5.09. The Morgan fingerprint density at radius 2 is 1.72 bits per heavy atom. The molecule has 3 aromatic rings. The normalized spacial score (nSPS) is 16.4. The van der Waals surface area contributed by atoms with Crippen LogP contribution in [0.25, 0.3) is 28.0 Å². The van der Waals surface area contributed by atoms with E-state index < -0.39 is 0 Å². The van der Waals surface area contributed by atoms with Crippen molar-refractivity contribution in [2.75, 3.05) is 60.3 Å². The van der Waals surface area contributed by atoms with Crippen molar-refractivity contribution in [1.29, 1.82) is 0 Å². The molecule has 39 heavy (non-hydrogen) atoms. The van der Waals surface area contributed by atoms with E-state index in [4.69, 9.17) is 28.4 Å². The van der Waals surface area contributed by atoms with Crippen LogP contribution in [0, 0.1) is 0 Å². The van der Waals surface area contributed by atoms with Crippen molar-refractivity contribution in [3.63, 3.8) is 0 Å². The molecule has 0 atom stereocenters. The summed E-state index contributed by atoms with van der Waals surface area (Å²) in [5.41, 5.74) is 3.97. The molecule has 0 N–H and O–H groups in total. The number of ether oxygens (including phenoxy) is 6. The summed E-state index contributed by atoms with van der Waals surface area (Å²) < 4.78 is 34.6. The molecule has 1 fully saturated rings. The van der Waals surface area contributed by atoms with Gasteiger partial charge in [0.05, 0.1) is 39.6 Å². The van der Waals surface area contributed by atoms with Gasteiger partial charge in [-0.05, 0) is 60.7 Å². The summed E-state index contributed by atoms with van der Waals surface area (Å²) in [4.78, 5) is 15.6. The monoisotopic (exact) mass is 531 g/mol. The van der Waals surface area contributed by atoms with Gasteiger partial charge in [-0.3, -0.25) is 4.90 Å². The SMILES string of the molecule is COc1cc2c(OCCCCN3CCOCC3)c3c(c(-c4ccc5c(c4)C=CCO5)c2cc1OC)C(=O)OC3. The van der Waals surface area contributed by atoms with Gasteiger partial charge < -0.3 is 28.4 Å². The minimum Gasteiger partial charge on any atom is -0.493 e. The van der Waals surface area contributed by atoms with Gasteiger partial charge in [0.25, 0.3) is 0 Å². The van der Waals surface area contributed by atoms with E-state index in [0.717, 1.165) is 84.5 Å². The van der Waals surface area contributed by atoms with Gasteiger partial charge in [0.2, 0.25) is 0 Å². The Bertz CT molecular complexity index is 1420. The van der Waals surface area contributed by atoms with Gasteiger partial charge in [0.1, 0.15) is 24.7 Å². The zero-order chi connectivity index (χ0) is 26.8. The molecule has 3 aliphatic rings. The smallest absolute Gasteiger partial charge is 0.339 e. The summed E-state index contributed by atoms with van der Waals surface area (Å²) in [5.74, 6) is 2.32. The minimum absolute atomic E-state index is 0.169. The Kier molecular flexibility index (Phi) is 7.30. The Labute approximate surface area is 228 Å². The maximum absolute atomic E-state index is 13.2. The maximum Gasteiger partial charge on any atom is 0.339 e. The molecule has 0 aliphatic carbocycles. The standard InChI is InChI=1S/C31H33NO7/c1-34-26-17-22-23(18-27(26)35-2)30(38-12-4-3-9-32-10-14-36-15-11-32)24-19-39-31(33)29(24)28(22)21-7-8-25-20(16-21)6-5-13-37-25/h5-8,16-18H,3-4,9-15,19H2,1-2H3. The highest BCUT2D eigenvalue weighted by molar-refractivity contribution is 6.14. The molecule has 8 nitrogen and oxygen atoms in total. The molecule has 0 aromatic heterocycles. The molecule has 1 saturated heterocycles. The molecule has 204 valence electrons. The van der Waals surface area contributed by atoms with Gasteiger partial charge in [-0.1, -0.05) is 12.1 Å². The number of hydrogen-bond donors (Lipinski definition) is 0. The van der Waals surface area contributed by atoms with E-state index in [1.165, 1.54) is 0 Å². The van der Waals surface area contributed by atoms with Crippen LogP contribution in [0.1, 0.15) is 34.3 Å². The number of morpholine rings is 1. The molecule has 3 aromatic carbocycles. The van der Waals surface area contributed by atoms with Crippen LogP contribution >= 0.6 is 0 Å². The van der Waals surface area contributed by atoms with E-state index in [2.05, 4.69) is 11.0 Å². The van der Waals surface area contributed by atoms with E-state index in [1.54, 1.807) is 14.2 Å². The number of unbranched alkanes of at least 4 members (excludes halogenated alkanes) is 1. The fourth-order valence-corrected chi connectivity index (χ4v) is 5.59. The highest BCUT2D eigenvalue weighted by Crippen LogP contribution is 2.48. The van der Waals surface area contributed by atoms with Crippen molar-refractivity contribution in [3.05, 3.63) is 53.1 Å². The molecule has 3 aliphatic heterocycles. The molecule has 0 amide bonds. The van der Waals surface area contributed by atoms with E-state index >= 15 is 0 Å². The lowest BCUT2D eigenvalue weighted by Gasteiger charge is -2.26. The summed E-state index contributed by atoms with van der Waals surface area (Å²) in [7, 11) is 3.23. The van der Waals surface area contributed by atoms with E-state index in [1.807, 2.05) is 36.4 Å². The zero-order valence-electron chi connectivity index (χ0n) is 22.4. The fraction of sp³-hybridized carbons (Fsp3) is 0.387. The van der Waals surface area contributed by atoms with Gasteiger partial charge in [-0.15, -0.1) is 0 Å². The lowest BCUT2D eigenvalue weighted by Crippen LogP contribution is -2.36. The van der Waals surface area contributed by atoms with Crippen molar-refractivity contribution in [2.24, 2.45) is 0 Å². The van der Waals surface area contributed by atoms with Crippen LogP contribution in [0.2, 0.25) is 0 Å². The molecular weight excluding hydrogens is 498 g/mol. The number of carbonyl (C=O) groups excluding carboxylic acids is 1. The lowest BCUT2D eigenvalue weighted by molar-refractivity contribution is 0.0368. The third kappa shape index (κ3) is 4.90. The first kappa shape index (κ1) is 25.5. The summed E-state index contributed by atoms with van der Waals surface area (Å²) >= 11 is 0. The molecule has 8 heteroatoms. The summed E-state index contributed by atoms with van der Waals surface area (Å²) in [6.45, 7) is 5.83. The van der Waals surface area contributed by atoms with Crippen molar-refractivity contribution in [2.45, 2.75) is 19.4 Å². The third-order valence-electron chi connectivity index (χ3n) is 7.56. The molecule has 3 heterocycles. The number of rotatable bonds is 9. The third-order valence-corrected chi connectivity index (χ3v) is 7.56. The number of nitrogens with zero attached hydrogens (tertiary/aromatic N) is 1. The molecule has 6 rings (SSSR count). The summed E-state index contributed by atoms with van der Waals surface area (Å²) in [6, 6.07) is 9.85. The van der Waals surface area contributed by atoms with Crippen LogP contribution in [-0.2, 0) is 16.1 Å². The summed E-state index contributed by atoms with van der Waals surface area (Å²) in [6.07, 6.45) is 5.94. The van der Waals surface area contributed by atoms with Crippen LogP contribution < -0.4 is 18.9 Å². The second kappa shape index (κ2) is 11.2. The predicted molar refractivity (Wildman–Crippen MR) is 148 cm³/mol. The van der Waals surface area contributed by atoms with E-state index in [0.29, 0.717) is 36.0 Å². The van der Waals surface area contributed by atoms with Gasteiger partial charge >= 0.3 is 5.97 Å². The first-order valence-electron chi connectivity index (χ1n) is 13.5. The van der Waals surface area contributed by atoms with Crippen LogP contribution in [-0.4, -0.2) is 71.2 Å². The molecular formula is C31H33NO7. The minimum atomic E-state index is -0.349. The van der Waals surface area contributed by atoms with Gasteiger partial charge in [-0.2, -0.15) is 0 Å². The van der Waals surface area contributed by atoms with Crippen LogP contribution in [0.4, 0.5) is 0 Å². The quantitative estimate of drug-likeness (QED) is 0.279. The number of esters is 1. The van der Waals surface area contributed by atoms with Gasteiger partial charge in [0.15, 0.2) is 11.5 Å². The number of methoxy groups -OCH3 is 2. The average Bonchev–Trinajstić information content (AvgIpc) is 3.36. The molecule has 0 unspecified atom stereocenters. The highest BCUT2D eigenvalue weighted by atomic mass is 16.5. The van der Waals surface area contributed by atoms with E-state index in [9.17, 15) is 4.79 Å². The Morgan fingerprint density at radius 3 is 2.51 bits per heavy atom. The Morgan fingerprint density at radius 1 is 0.923 bits per heavy atom. The Hall–Kier alpha value is -3.75. The Balaban J connectivity index is 1.41. The lowest BCUT2D eigenvalue weighted by atomic mass is 9.88. The fourth-order valence-electron chi connectivity index (χ4n) is 5.59. The topological polar surface area (TPSA) is 75.7 Å². The van der Waals surface area contributed by atoms with Crippen LogP contribution in [0.3, 0.4) is 0 Å². The van der Waals surface area contributed by atoms with Crippen LogP contribution in [0.15, 0.2) is 36.4 Å². The number of carbonyl (C=O) groups is 1. The maximum atomic E-state index is 13.2. The second-order valence-electron chi connectivity index (χ2n) is 9.86. The van der Waals surface area contributed by atoms with Crippen molar-refractivity contribution in [1.82, 2.24) is 4.90 Å². The second-order valence-corrected chi connectivity index (χ2v) is 9.86. The zero-order valence-corrected chi connectivity index (χ0v) is 22.4. The number of hydrogen-bond acceptors (Lipinski definition) is 8. The molecule has 0 spiro atoms. The molecule has 0 bridgehead atoms. The highest BCUT2D eigenvalue weighted by Gasteiger charge is 2.33. The van der Waals surface area contributed by atoms with Gasteiger partial charge in [-0.25, -0.2) is 4.79 Å².